The summed E-state index contributed by atoms with van der Waals surface area (Å²) in [6.07, 6.45) is 6.13. The van der Waals surface area contributed by atoms with E-state index < -0.39 is 0 Å². The average Bonchev–Trinajstić information content (AvgIpc) is 3.06. The van der Waals surface area contributed by atoms with Crippen molar-refractivity contribution in [1.82, 2.24) is 9.80 Å². The fourth-order valence-corrected chi connectivity index (χ4v) is 8.73. The molecule has 1 N–H and O–H groups in total. The molecule has 0 bridgehead atoms. The molecule has 1 saturated heterocycles. The van der Waals surface area contributed by atoms with Gasteiger partial charge in [-0.05, 0) is 90.5 Å². The standard InChI is InChI=1S/C36H54N2O5S/c1-8-23(3)44-22-28(39)21-38-13-11-26-17-34(41-5)36(43-7)19-30(26)32(38)15-27-14-31-29-18-35(42-6)33(40-4)16-25(29)10-12-37(31)20-24(27)9-2/h16-19,23-24,27-28,31-32,39H,8-15,20-22H2,1-7H3/t23?,24-,27+,28?,31-,32+/m0/s1. The number of nitrogens with zero attached hydrogens (tertiary/aromatic N) is 2. The highest BCUT2D eigenvalue weighted by molar-refractivity contribution is 7.99. The third-order valence-electron chi connectivity index (χ3n) is 10.5. The molecule has 5 rings (SSSR count). The number of benzene rings is 2. The van der Waals surface area contributed by atoms with E-state index >= 15 is 0 Å². The third kappa shape index (κ3) is 6.98. The van der Waals surface area contributed by atoms with Gasteiger partial charge in [-0.25, -0.2) is 0 Å². The van der Waals surface area contributed by atoms with Crippen molar-refractivity contribution >= 4 is 11.8 Å². The van der Waals surface area contributed by atoms with Crippen LogP contribution in [0.4, 0.5) is 0 Å². The lowest BCUT2D eigenvalue weighted by molar-refractivity contribution is 0.0233. The molecule has 3 heterocycles. The van der Waals surface area contributed by atoms with E-state index in [1.54, 1.807) is 28.4 Å². The maximum atomic E-state index is 11.2. The number of hydrogen-bond acceptors (Lipinski definition) is 8. The Morgan fingerprint density at radius 3 is 2.05 bits per heavy atom. The first-order chi connectivity index (χ1) is 21.3. The van der Waals surface area contributed by atoms with Gasteiger partial charge in [0.1, 0.15) is 0 Å². The predicted molar refractivity (Wildman–Crippen MR) is 180 cm³/mol. The van der Waals surface area contributed by atoms with Crippen LogP contribution in [-0.2, 0) is 12.8 Å². The van der Waals surface area contributed by atoms with Crippen LogP contribution in [0.3, 0.4) is 0 Å². The number of methoxy groups -OCH3 is 4. The lowest BCUT2D eigenvalue weighted by Gasteiger charge is -2.49. The highest BCUT2D eigenvalue weighted by Gasteiger charge is 2.41. The number of fused-ring (bicyclic) bond motifs is 4. The quantitative estimate of drug-likeness (QED) is 0.269. The number of aliphatic hydroxyl groups excluding tert-OH is 1. The average molecular weight is 627 g/mol. The summed E-state index contributed by atoms with van der Waals surface area (Å²) in [6, 6.07) is 9.44. The fourth-order valence-electron chi connectivity index (χ4n) is 7.83. The smallest absolute Gasteiger partial charge is 0.161 e. The summed E-state index contributed by atoms with van der Waals surface area (Å²) in [5.74, 6) is 5.19. The molecule has 1 fully saturated rings. The van der Waals surface area contributed by atoms with Crippen molar-refractivity contribution in [2.75, 3.05) is 60.4 Å². The molecule has 6 atom stereocenters. The van der Waals surface area contributed by atoms with Gasteiger partial charge in [0.2, 0.25) is 0 Å². The molecule has 0 aliphatic carbocycles. The predicted octanol–water partition coefficient (Wildman–Crippen LogP) is 6.55. The van der Waals surface area contributed by atoms with Gasteiger partial charge in [0.05, 0.1) is 34.5 Å². The summed E-state index contributed by atoms with van der Waals surface area (Å²) in [7, 11) is 6.90. The summed E-state index contributed by atoms with van der Waals surface area (Å²) in [5, 5.41) is 11.8. The van der Waals surface area contributed by atoms with Crippen LogP contribution in [0.25, 0.3) is 0 Å². The number of thioether (sulfide) groups is 1. The number of hydrogen-bond donors (Lipinski definition) is 1. The summed E-state index contributed by atoms with van der Waals surface area (Å²) in [4.78, 5) is 5.28. The SMILES string of the molecule is CCC(C)SCC(O)CN1CCc2cc(OC)c(OC)cc2[C@H]1C[C@H]1C[C@H]2c3cc(OC)c(OC)cc3CCN2C[C@@H]1CC. The molecular formula is C36H54N2O5S. The molecule has 0 spiro atoms. The first-order valence-corrected chi connectivity index (χ1v) is 17.7. The van der Waals surface area contributed by atoms with Crippen LogP contribution >= 0.6 is 11.8 Å². The van der Waals surface area contributed by atoms with Crippen molar-refractivity contribution in [3.05, 3.63) is 46.5 Å². The Morgan fingerprint density at radius 1 is 0.841 bits per heavy atom. The molecule has 0 saturated carbocycles. The van der Waals surface area contributed by atoms with E-state index in [1.807, 2.05) is 11.8 Å². The zero-order valence-electron chi connectivity index (χ0n) is 27.9. The monoisotopic (exact) mass is 626 g/mol. The first kappa shape index (κ1) is 33.2. The molecule has 3 aliphatic rings. The molecule has 0 radical (unpaired) electrons. The highest BCUT2D eigenvalue weighted by atomic mass is 32.2. The van der Waals surface area contributed by atoms with Gasteiger partial charge in [-0.15, -0.1) is 0 Å². The van der Waals surface area contributed by atoms with Crippen LogP contribution in [0.2, 0.25) is 0 Å². The van der Waals surface area contributed by atoms with Crippen LogP contribution in [0.1, 0.15) is 80.8 Å². The molecule has 3 aliphatic heterocycles. The van der Waals surface area contributed by atoms with Crippen molar-refractivity contribution in [3.63, 3.8) is 0 Å². The largest absolute Gasteiger partial charge is 0.493 e. The lowest BCUT2D eigenvalue weighted by Crippen LogP contribution is -2.47. The van der Waals surface area contributed by atoms with E-state index in [-0.39, 0.29) is 12.1 Å². The Bertz CT molecular complexity index is 1260. The topological polar surface area (TPSA) is 63.6 Å². The van der Waals surface area contributed by atoms with Crippen molar-refractivity contribution in [1.29, 1.82) is 0 Å². The van der Waals surface area contributed by atoms with Gasteiger partial charge >= 0.3 is 0 Å². The number of aliphatic hydroxyl groups is 1. The van der Waals surface area contributed by atoms with E-state index in [9.17, 15) is 5.11 Å². The van der Waals surface area contributed by atoms with Crippen LogP contribution in [-0.4, -0.2) is 86.6 Å². The second-order valence-corrected chi connectivity index (χ2v) is 14.4. The molecular weight excluding hydrogens is 572 g/mol. The third-order valence-corrected chi connectivity index (χ3v) is 12.0. The Hall–Kier alpha value is -2.13. The minimum Gasteiger partial charge on any atom is -0.493 e. The molecule has 7 nitrogen and oxygen atoms in total. The van der Waals surface area contributed by atoms with E-state index in [0.717, 1.165) is 80.5 Å². The van der Waals surface area contributed by atoms with Gasteiger partial charge in [-0.2, -0.15) is 11.8 Å². The van der Waals surface area contributed by atoms with Crippen molar-refractivity contribution in [2.45, 2.75) is 82.7 Å². The highest BCUT2D eigenvalue weighted by Crippen LogP contribution is 2.49. The van der Waals surface area contributed by atoms with Gasteiger partial charge in [0.25, 0.3) is 0 Å². The molecule has 44 heavy (non-hydrogen) atoms. The summed E-state index contributed by atoms with van der Waals surface area (Å²) in [6.45, 7) is 10.7. The zero-order chi connectivity index (χ0) is 31.4. The first-order valence-electron chi connectivity index (χ1n) is 16.6. The van der Waals surface area contributed by atoms with Crippen LogP contribution in [0.15, 0.2) is 24.3 Å². The minimum atomic E-state index is -0.352. The number of piperidine rings is 1. The van der Waals surface area contributed by atoms with Crippen LogP contribution in [0, 0.1) is 11.8 Å². The van der Waals surface area contributed by atoms with E-state index in [4.69, 9.17) is 18.9 Å². The number of rotatable bonds is 13. The summed E-state index contributed by atoms with van der Waals surface area (Å²) >= 11 is 1.88. The second kappa shape index (κ2) is 15.0. The molecule has 0 aromatic heterocycles. The normalized spacial score (nSPS) is 24.9. The molecule has 8 heteroatoms. The van der Waals surface area contributed by atoms with Gasteiger partial charge in [0.15, 0.2) is 23.0 Å². The minimum absolute atomic E-state index is 0.223. The van der Waals surface area contributed by atoms with Crippen LogP contribution in [0.5, 0.6) is 23.0 Å². The maximum Gasteiger partial charge on any atom is 0.161 e. The fraction of sp³-hybridized carbons (Fsp3) is 0.667. The Balaban J connectivity index is 1.45. The Labute approximate surface area is 269 Å². The molecule has 0 amide bonds. The molecule has 2 unspecified atom stereocenters. The van der Waals surface area contributed by atoms with E-state index in [1.165, 1.54) is 28.7 Å². The summed E-state index contributed by atoms with van der Waals surface area (Å²) < 4.78 is 22.9. The van der Waals surface area contributed by atoms with Gasteiger partial charge in [-0.3, -0.25) is 9.80 Å². The number of ether oxygens (including phenoxy) is 4. The Morgan fingerprint density at radius 2 is 1.43 bits per heavy atom. The summed E-state index contributed by atoms with van der Waals surface area (Å²) in [5.41, 5.74) is 5.47. The van der Waals surface area contributed by atoms with Crippen molar-refractivity contribution in [2.24, 2.45) is 11.8 Å². The Kier molecular flexibility index (Phi) is 11.3. The second-order valence-electron chi connectivity index (χ2n) is 12.9. The van der Waals surface area contributed by atoms with Crippen molar-refractivity contribution in [3.8, 4) is 23.0 Å². The van der Waals surface area contributed by atoms with Gasteiger partial charge < -0.3 is 24.1 Å². The zero-order valence-corrected chi connectivity index (χ0v) is 28.8. The lowest BCUT2D eigenvalue weighted by atomic mass is 9.72. The molecule has 244 valence electrons. The molecule has 2 aromatic rings. The van der Waals surface area contributed by atoms with Crippen LogP contribution < -0.4 is 18.9 Å². The van der Waals surface area contributed by atoms with Crippen molar-refractivity contribution < 1.29 is 24.1 Å². The molecule has 2 aromatic carbocycles. The maximum absolute atomic E-state index is 11.2. The van der Waals surface area contributed by atoms with Gasteiger partial charge in [-0.1, -0.05) is 27.2 Å². The number of β-amino-alcohol motifs (C(OH)–C–C–N with tert-alkyl or cyclic N) is 1. The van der Waals surface area contributed by atoms with E-state index in [2.05, 4.69) is 54.8 Å². The van der Waals surface area contributed by atoms with Gasteiger partial charge in [0, 0.05) is 49.3 Å². The van der Waals surface area contributed by atoms with E-state index in [0.29, 0.717) is 29.7 Å².